The summed E-state index contributed by atoms with van der Waals surface area (Å²) in [6, 6.07) is -0.775. The first kappa shape index (κ1) is 11.8. The molecular weight excluding hydrogens is 246 g/mol. The Bertz CT molecular complexity index is 466. The Morgan fingerprint density at radius 1 is 1.47 bits per heavy atom. The lowest BCUT2D eigenvalue weighted by Gasteiger charge is -2.20. The number of likely N-dealkylation sites (tertiary alicyclic amines) is 1. The number of nitrogens with zero attached hydrogens (tertiary/aromatic N) is 3. The van der Waals surface area contributed by atoms with Crippen molar-refractivity contribution in [3.05, 3.63) is 23.2 Å². The third-order valence-electron chi connectivity index (χ3n) is 2.62. The lowest BCUT2D eigenvalue weighted by atomic mass is 10.2. The molecule has 0 spiro atoms. The SMILES string of the molecule is O=C(O)[C@@H]1CCCN1C(=O)c1cncc(Cl)n1. The van der Waals surface area contributed by atoms with E-state index in [1.165, 1.54) is 17.3 Å². The van der Waals surface area contributed by atoms with Crippen LogP contribution in [-0.4, -0.2) is 44.4 Å². The fraction of sp³-hybridized carbons (Fsp3) is 0.400. The van der Waals surface area contributed by atoms with Gasteiger partial charge in [0.05, 0.1) is 12.4 Å². The summed E-state index contributed by atoms with van der Waals surface area (Å²) in [5.74, 6) is -1.43. The van der Waals surface area contributed by atoms with E-state index in [0.29, 0.717) is 19.4 Å². The summed E-state index contributed by atoms with van der Waals surface area (Å²) in [5, 5.41) is 9.09. The number of rotatable bonds is 2. The summed E-state index contributed by atoms with van der Waals surface area (Å²) >= 11 is 5.63. The van der Waals surface area contributed by atoms with Crippen molar-refractivity contribution in [1.29, 1.82) is 0 Å². The molecule has 1 atom stereocenters. The zero-order chi connectivity index (χ0) is 12.4. The van der Waals surface area contributed by atoms with Crippen LogP contribution in [0.3, 0.4) is 0 Å². The number of carboxylic acids is 1. The third kappa shape index (κ3) is 2.36. The molecule has 7 heteroatoms. The first-order valence-electron chi connectivity index (χ1n) is 5.11. The zero-order valence-electron chi connectivity index (χ0n) is 8.84. The van der Waals surface area contributed by atoms with Crippen LogP contribution in [0.4, 0.5) is 0 Å². The van der Waals surface area contributed by atoms with Crippen LogP contribution >= 0.6 is 11.6 Å². The smallest absolute Gasteiger partial charge is 0.326 e. The normalized spacial score (nSPS) is 19.4. The fourth-order valence-electron chi connectivity index (χ4n) is 1.86. The Balaban J connectivity index is 2.23. The quantitative estimate of drug-likeness (QED) is 0.846. The van der Waals surface area contributed by atoms with Crippen molar-refractivity contribution in [2.24, 2.45) is 0 Å². The molecule has 0 aromatic carbocycles. The highest BCUT2D eigenvalue weighted by molar-refractivity contribution is 6.29. The molecule has 1 N–H and O–H groups in total. The van der Waals surface area contributed by atoms with E-state index in [1.54, 1.807) is 0 Å². The van der Waals surface area contributed by atoms with Crippen LogP contribution in [0.5, 0.6) is 0 Å². The van der Waals surface area contributed by atoms with Gasteiger partial charge in [0.2, 0.25) is 0 Å². The van der Waals surface area contributed by atoms with E-state index < -0.39 is 17.9 Å². The average Bonchev–Trinajstić information content (AvgIpc) is 2.77. The number of hydrogen-bond donors (Lipinski definition) is 1. The Labute approximate surface area is 102 Å². The van der Waals surface area contributed by atoms with Crippen LogP contribution in [0.1, 0.15) is 23.3 Å². The molecule has 1 saturated heterocycles. The van der Waals surface area contributed by atoms with E-state index in [1.807, 2.05) is 0 Å². The Hall–Kier alpha value is -1.69. The van der Waals surface area contributed by atoms with Crippen LogP contribution in [0.2, 0.25) is 5.15 Å². The predicted molar refractivity (Wildman–Crippen MR) is 58.7 cm³/mol. The molecule has 2 rings (SSSR count). The molecule has 1 aliphatic heterocycles. The van der Waals surface area contributed by atoms with E-state index in [2.05, 4.69) is 9.97 Å². The minimum atomic E-state index is -0.995. The highest BCUT2D eigenvalue weighted by Gasteiger charge is 2.35. The topological polar surface area (TPSA) is 83.4 Å². The van der Waals surface area contributed by atoms with Crippen LogP contribution < -0.4 is 0 Å². The second-order valence-electron chi connectivity index (χ2n) is 3.72. The van der Waals surface area contributed by atoms with Gasteiger partial charge in [0, 0.05) is 6.54 Å². The molecule has 17 heavy (non-hydrogen) atoms. The largest absolute Gasteiger partial charge is 0.480 e. The third-order valence-corrected chi connectivity index (χ3v) is 2.81. The molecule has 6 nitrogen and oxygen atoms in total. The van der Waals surface area contributed by atoms with Gasteiger partial charge >= 0.3 is 5.97 Å². The minimum Gasteiger partial charge on any atom is -0.480 e. The maximum absolute atomic E-state index is 12.0. The maximum Gasteiger partial charge on any atom is 0.326 e. The first-order chi connectivity index (χ1) is 8.09. The van der Waals surface area contributed by atoms with Crippen LogP contribution in [-0.2, 0) is 4.79 Å². The molecule has 1 aromatic rings. The van der Waals surface area contributed by atoms with E-state index in [4.69, 9.17) is 16.7 Å². The number of halogens is 1. The second kappa shape index (κ2) is 4.67. The van der Waals surface area contributed by atoms with Gasteiger partial charge in [0.15, 0.2) is 0 Å². The molecule has 0 radical (unpaired) electrons. The van der Waals surface area contributed by atoms with Crippen molar-refractivity contribution in [3.63, 3.8) is 0 Å². The number of aromatic nitrogens is 2. The molecule has 1 amide bonds. The highest BCUT2D eigenvalue weighted by atomic mass is 35.5. The molecule has 90 valence electrons. The number of carbonyl (C=O) groups excluding carboxylic acids is 1. The molecule has 1 aliphatic rings. The van der Waals surface area contributed by atoms with Gasteiger partial charge in [-0.05, 0) is 12.8 Å². The number of amides is 1. The van der Waals surface area contributed by atoms with Gasteiger partial charge in [0.25, 0.3) is 5.91 Å². The van der Waals surface area contributed by atoms with Crippen LogP contribution in [0.25, 0.3) is 0 Å². The number of aliphatic carboxylic acids is 1. The van der Waals surface area contributed by atoms with Gasteiger partial charge in [-0.2, -0.15) is 0 Å². The molecule has 0 unspecified atom stereocenters. The fourth-order valence-corrected chi connectivity index (χ4v) is 2.01. The minimum absolute atomic E-state index is 0.0747. The predicted octanol–water partition coefficient (Wildman–Crippen LogP) is 0.819. The second-order valence-corrected chi connectivity index (χ2v) is 4.11. The summed E-state index contributed by atoms with van der Waals surface area (Å²) in [4.78, 5) is 31.9. The molecule has 0 saturated carbocycles. The van der Waals surface area contributed by atoms with Crippen molar-refractivity contribution in [3.8, 4) is 0 Å². The van der Waals surface area contributed by atoms with Crippen molar-refractivity contribution in [1.82, 2.24) is 14.9 Å². The van der Waals surface area contributed by atoms with Crippen LogP contribution in [0.15, 0.2) is 12.4 Å². The summed E-state index contributed by atoms with van der Waals surface area (Å²) in [6.45, 7) is 0.421. The van der Waals surface area contributed by atoms with Crippen molar-refractivity contribution in [2.75, 3.05) is 6.54 Å². The Morgan fingerprint density at radius 3 is 2.88 bits per heavy atom. The molecule has 1 fully saturated rings. The summed E-state index contributed by atoms with van der Waals surface area (Å²) in [5.41, 5.74) is 0.0747. The maximum atomic E-state index is 12.0. The van der Waals surface area contributed by atoms with Gasteiger partial charge in [0.1, 0.15) is 16.9 Å². The van der Waals surface area contributed by atoms with Crippen LogP contribution in [0, 0.1) is 0 Å². The van der Waals surface area contributed by atoms with E-state index in [-0.39, 0.29) is 10.8 Å². The standard InChI is InChI=1S/C10H10ClN3O3/c11-8-5-12-4-6(13-8)9(15)14-3-1-2-7(14)10(16)17/h4-5,7H,1-3H2,(H,16,17)/t7-/m0/s1. The lowest BCUT2D eigenvalue weighted by Crippen LogP contribution is -2.40. The molecule has 2 heterocycles. The van der Waals surface area contributed by atoms with E-state index in [9.17, 15) is 9.59 Å². The van der Waals surface area contributed by atoms with E-state index >= 15 is 0 Å². The van der Waals surface area contributed by atoms with Gasteiger partial charge in [-0.3, -0.25) is 9.78 Å². The number of carbonyl (C=O) groups is 2. The van der Waals surface area contributed by atoms with Gasteiger partial charge in [-0.1, -0.05) is 11.6 Å². The Morgan fingerprint density at radius 2 is 2.24 bits per heavy atom. The van der Waals surface area contributed by atoms with E-state index in [0.717, 1.165) is 0 Å². The zero-order valence-corrected chi connectivity index (χ0v) is 9.59. The summed E-state index contributed by atoms with van der Waals surface area (Å²) < 4.78 is 0. The molecular formula is C10H10ClN3O3. The van der Waals surface area contributed by atoms with Gasteiger partial charge in [-0.25, -0.2) is 9.78 Å². The summed E-state index contributed by atoms with van der Waals surface area (Å²) in [6.07, 6.45) is 3.74. The molecule has 0 aliphatic carbocycles. The van der Waals surface area contributed by atoms with Gasteiger partial charge < -0.3 is 10.0 Å². The van der Waals surface area contributed by atoms with Crippen molar-refractivity contribution in [2.45, 2.75) is 18.9 Å². The summed E-state index contributed by atoms with van der Waals surface area (Å²) in [7, 11) is 0. The van der Waals surface area contributed by atoms with Crippen molar-refractivity contribution >= 4 is 23.5 Å². The molecule has 0 bridgehead atoms. The van der Waals surface area contributed by atoms with Gasteiger partial charge in [-0.15, -0.1) is 0 Å². The monoisotopic (exact) mass is 255 g/mol. The average molecular weight is 256 g/mol. The number of hydrogen-bond acceptors (Lipinski definition) is 4. The Kier molecular flexibility index (Phi) is 3.23. The number of carboxylic acid groups (broad SMARTS) is 1. The van der Waals surface area contributed by atoms with Crippen molar-refractivity contribution < 1.29 is 14.7 Å². The first-order valence-corrected chi connectivity index (χ1v) is 5.48. The lowest BCUT2D eigenvalue weighted by molar-refractivity contribution is -0.141. The highest BCUT2D eigenvalue weighted by Crippen LogP contribution is 2.19. The molecule has 1 aromatic heterocycles.